The van der Waals surface area contributed by atoms with Crippen molar-refractivity contribution in [2.75, 3.05) is 13.6 Å². The van der Waals surface area contributed by atoms with Crippen LogP contribution in [0.5, 0.6) is 0 Å². The van der Waals surface area contributed by atoms with E-state index in [-0.39, 0.29) is 18.8 Å². The van der Waals surface area contributed by atoms with E-state index >= 15 is 0 Å². The number of aromatic nitrogens is 4. The highest BCUT2D eigenvalue weighted by atomic mass is 16.6. The van der Waals surface area contributed by atoms with Crippen LogP contribution < -0.4 is 16.7 Å². The third-order valence-corrected chi connectivity index (χ3v) is 5.81. The maximum atomic E-state index is 13.1. The Labute approximate surface area is 214 Å². The zero-order chi connectivity index (χ0) is 26.7. The summed E-state index contributed by atoms with van der Waals surface area (Å²) in [4.78, 5) is 38.3. The molecule has 4 aromatic rings. The summed E-state index contributed by atoms with van der Waals surface area (Å²) in [6.07, 6.45) is 6.08. The van der Waals surface area contributed by atoms with Crippen molar-refractivity contribution in [1.29, 1.82) is 0 Å². The molecule has 1 amide bonds. The van der Waals surface area contributed by atoms with Crippen LogP contribution in [0.1, 0.15) is 26.5 Å². The molecule has 0 unspecified atom stereocenters. The number of benzene rings is 1. The van der Waals surface area contributed by atoms with Crippen LogP contribution in [0.25, 0.3) is 38.6 Å². The summed E-state index contributed by atoms with van der Waals surface area (Å²) in [5.41, 5.74) is 10.4. The summed E-state index contributed by atoms with van der Waals surface area (Å²) in [6.45, 7) is 5.92. The van der Waals surface area contributed by atoms with Crippen LogP contribution in [0.3, 0.4) is 0 Å². The molecule has 0 aliphatic rings. The Bertz CT molecular complexity index is 1570. The second kappa shape index (κ2) is 10.3. The molecular formula is C27H31N7O3. The fourth-order valence-electron chi connectivity index (χ4n) is 4.12. The SMILES string of the molecule is CN=CC(=CN)c1ccc(-c2ccc3ncc4c(c3c2)n(CCNC(=O)OC(C)(C)C)c(=O)n4C)cn1. The van der Waals surface area contributed by atoms with Gasteiger partial charge < -0.3 is 15.8 Å². The number of aryl methyl sites for hydroxylation is 1. The molecule has 0 fully saturated rings. The maximum absolute atomic E-state index is 13.1. The van der Waals surface area contributed by atoms with Crippen molar-refractivity contribution in [3.05, 3.63) is 65.1 Å². The molecule has 10 nitrogen and oxygen atoms in total. The number of carbonyl (C=O) groups excluding carboxylic acids is 1. The highest BCUT2D eigenvalue weighted by molar-refractivity contribution is 6.09. The van der Waals surface area contributed by atoms with Crippen LogP contribution in [0.15, 0.2) is 58.7 Å². The Morgan fingerprint density at radius 1 is 1.16 bits per heavy atom. The third kappa shape index (κ3) is 5.37. The number of ether oxygens (including phenoxy) is 1. The van der Waals surface area contributed by atoms with Crippen molar-refractivity contribution in [3.63, 3.8) is 0 Å². The number of hydrogen-bond donors (Lipinski definition) is 2. The molecule has 0 radical (unpaired) electrons. The molecule has 37 heavy (non-hydrogen) atoms. The van der Waals surface area contributed by atoms with E-state index in [1.54, 1.807) is 62.6 Å². The predicted molar refractivity (Wildman–Crippen MR) is 147 cm³/mol. The highest BCUT2D eigenvalue weighted by Crippen LogP contribution is 2.28. The number of hydrogen-bond acceptors (Lipinski definition) is 7. The van der Waals surface area contributed by atoms with Crippen LogP contribution >= 0.6 is 0 Å². The van der Waals surface area contributed by atoms with Gasteiger partial charge in [-0.2, -0.15) is 0 Å². The minimum atomic E-state index is -0.600. The molecule has 1 aromatic carbocycles. The number of nitrogens with two attached hydrogens (primary N) is 1. The monoisotopic (exact) mass is 501 g/mol. The molecule has 10 heteroatoms. The van der Waals surface area contributed by atoms with Gasteiger partial charge in [-0.15, -0.1) is 0 Å². The van der Waals surface area contributed by atoms with Gasteiger partial charge in [0.05, 0.1) is 28.4 Å². The lowest BCUT2D eigenvalue weighted by atomic mass is 10.0. The minimum Gasteiger partial charge on any atom is -0.444 e. The molecule has 0 saturated carbocycles. The topological polar surface area (TPSA) is 129 Å². The van der Waals surface area contributed by atoms with E-state index in [9.17, 15) is 9.59 Å². The van der Waals surface area contributed by atoms with Crippen molar-refractivity contribution in [3.8, 4) is 11.1 Å². The number of fused-ring (bicyclic) bond motifs is 3. The maximum Gasteiger partial charge on any atom is 0.407 e. The number of pyridine rings is 2. The summed E-state index contributed by atoms with van der Waals surface area (Å²) in [7, 11) is 3.39. The Kier molecular flexibility index (Phi) is 7.10. The number of alkyl carbamates (subject to hydrolysis) is 1. The first-order valence-electron chi connectivity index (χ1n) is 11.9. The smallest absolute Gasteiger partial charge is 0.407 e. The summed E-state index contributed by atoms with van der Waals surface area (Å²) in [5, 5.41) is 3.55. The van der Waals surface area contributed by atoms with Crippen LogP contribution in [0.2, 0.25) is 0 Å². The molecule has 0 spiro atoms. The molecule has 3 aromatic heterocycles. The normalized spacial score (nSPS) is 12.5. The largest absolute Gasteiger partial charge is 0.444 e. The van der Waals surface area contributed by atoms with Crippen molar-refractivity contribution in [1.82, 2.24) is 24.4 Å². The summed E-state index contributed by atoms with van der Waals surface area (Å²) < 4.78 is 8.52. The number of rotatable bonds is 6. The van der Waals surface area contributed by atoms with Gasteiger partial charge in [-0.3, -0.25) is 24.1 Å². The van der Waals surface area contributed by atoms with Gasteiger partial charge in [0.15, 0.2) is 0 Å². The van der Waals surface area contributed by atoms with E-state index in [4.69, 9.17) is 10.5 Å². The lowest BCUT2D eigenvalue weighted by Crippen LogP contribution is -2.35. The van der Waals surface area contributed by atoms with Crippen LogP contribution in [0, 0.1) is 0 Å². The summed E-state index contributed by atoms with van der Waals surface area (Å²) in [6, 6.07) is 9.76. The Morgan fingerprint density at radius 3 is 2.57 bits per heavy atom. The number of aliphatic imine (C=N–C) groups is 1. The van der Waals surface area contributed by atoms with Gasteiger partial charge in [0.1, 0.15) is 5.60 Å². The van der Waals surface area contributed by atoms with Gasteiger partial charge in [0.25, 0.3) is 0 Å². The molecule has 3 heterocycles. The van der Waals surface area contributed by atoms with Crippen molar-refractivity contribution >= 4 is 39.8 Å². The average molecular weight is 502 g/mol. The molecule has 4 rings (SSSR count). The summed E-state index contributed by atoms with van der Waals surface area (Å²) >= 11 is 0. The second-order valence-electron chi connectivity index (χ2n) is 9.59. The third-order valence-electron chi connectivity index (χ3n) is 5.81. The Hall–Kier alpha value is -4.47. The first-order valence-corrected chi connectivity index (χ1v) is 11.9. The van der Waals surface area contributed by atoms with E-state index < -0.39 is 11.7 Å². The molecular weight excluding hydrogens is 470 g/mol. The van der Waals surface area contributed by atoms with Crippen LogP contribution in [-0.4, -0.2) is 50.6 Å². The van der Waals surface area contributed by atoms with Gasteiger partial charge >= 0.3 is 11.8 Å². The molecule has 0 saturated heterocycles. The van der Waals surface area contributed by atoms with Gasteiger partial charge in [-0.05, 0) is 44.5 Å². The number of nitrogens with one attached hydrogen (secondary N) is 1. The molecule has 0 atom stereocenters. The van der Waals surface area contributed by atoms with E-state index in [0.29, 0.717) is 5.52 Å². The van der Waals surface area contributed by atoms with Crippen molar-refractivity contribution < 1.29 is 9.53 Å². The van der Waals surface area contributed by atoms with Gasteiger partial charge in [0.2, 0.25) is 0 Å². The number of allylic oxidation sites excluding steroid dienone is 1. The first kappa shape index (κ1) is 25.6. The van der Waals surface area contributed by atoms with E-state index in [1.807, 2.05) is 30.3 Å². The number of nitrogens with zero attached hydrogens (tertiary/aromatic N) is 5. The van der Waals surface area contributed by atoms with Gasteiger partial charge in [0, 0.05) is 62.3 Å². The van der Waals surface area contributed by atoms with Crippen LogP contribution in [-0.2, 0) is 18.3 Å². The lowest BCUT2D eigenvalue weighted by Gasteiger charge is -2.19. The second-order valence-corrected chi connectivity index (χ2v) is 9.59. The number of imidazole rings is 1. The number of amides is 1. The summed E-state index contributed by atoms with van der Waals surface area (Å²) in [5.74, 6) is 0. The number of carbonyl (C=O) groups is 1. The van der Waals surface area contributed by atoms with E-state index in [2.05, 4.69) is 20.3 Å². The lowest BCUT2D eigenvalue weighted by molar-refractivity contribution is 0.0526. The first-order chi connectivity index (χ1) is 17.6. The fraction of sp³-hybridized carbons (Fsp3) is 0.296. The average Bonchev–Trinajstić information content (AvgIpc) is 3.11. The Morgan fingerprint density at radius 2 is 1.92 bits per heavy atom. The van der Waals surface area contributed by atoms with Crippen LogP contribution in [0.4, 0.5) is 4.79 Å². The molecule has 192 valence electrons. The standard InChI is InChI=1S/C27H31N7O3/c1-27(2,3)37-25(35)30-10-11-34-24-20-12-17(6-9-22(20)32-16-23(24)33(5)26(34)36)18-7-8-21(31-15-18)19(13-28)14-29-4/h6-9,12-16H,10-11,28H2,1-5H3,(H,30,35). The quantitative estimate of drug-likeness (QED) is 0.389. The van der Waals surface area contributed by atoms with Crippen molar-refractivity contribution in [2.24, 2.45) is 17.8 Å². The zero-order valence-electron chi connectivity index (χ0n) is 21.6. The minimum absolute atomic E-state index is 0.189. The highest BCUT2D eigenvalue weighted by Gasteiger charge is 2.18. The molecule has 0 aliphatic heterocycles. The van der Waals surface area contributed by atoms with Gasteiger partial charge in [-0.25, -0.2) is 9.59 Å². The van der Waals surface area contributed by atoms with E-state index in [0.717, 1.165) is 38.8 Å². The molecule has 3 N–H and O–H groups in total. The molecule has 0 aliphatic carbocycles. The van der Waals surface area contributed by atoms with Crippen molar-refractivity contribution in [2.45, 2.75) is 32.9 Å². The fourth-order valence-corrected chi connectivity index (χ4v) is 4.12. The van der Waals surface area contributed by atoms with Gasteiger partial charge in [-0.1, -0.05) is 12.1 Å². The Balaban J connectivity index is 1.72. The predicted octanol–water partition coefficient (Wildman–Crippen LogP) is 3.48. The zero-order valence-corrected chi connectivity index (χ0v) is 21.6. The van der Waals surface area contributed by atoms with E-state index in [1.165, 1.54) is 6.20 Å². The molecule has 0 bridgehead atoms.